The Morgan fingerprint density at radius 2 is 1.81 bits per heavy atom. The Kier molecular flexibility index (Phi) is 9.03. The van der Waals surface area contributed by atoms with Crippen molar-refractivity contribution in [1.82, 2.24) is 15.5 Å². The van der Waals surface area contributed by atoms with E-state index >= 15 is 0 Å². The number of nitrogens with one attached hydrogen (secondary N) is 2. The van der Waals surface area contributed by atoms with E-state index in [-0.39, 0.29) is 5.75 Å². The molecule has 2 N–H and O–H groups in total. The van der Waals surface area contributed by atoms with Crippen molar-refractivity contribution in [2.45, 2.75) is 25.6 Å². The predicted octanol–water partition coefficient (Wildman–Crippen LogP) is 1.01. The first-order chi connectivity index (χ1) is 13.0. The van der Waals surface area contributed by atoms with Crippen LogP contribution in [0.25, 0.3) is 0 Å². The highest BCUT2D eigenvalue weighted by atomic mass is 32.2. The van der Waals surface area contributed by atoms with Crippen molar-refractivity contribution in [2.24, 2.45) is 4.99 Å². The molecule has 0 aliphatic carbocycles. The summed E-state index contributed by atoms with van der Waals surface area (Å²) in [5.41, 5.74) is 1.86. The largest absolute Gasteiger partial charge is 0.379 e. The summed E-state index contributed by atoms with van der Waals surface area (Å²) in [6.45, 7) is 9.05. The smallest absolute Gasteiger partial charge is 0.191 e. The van der Waals surface area contributed by atoms with Gasteiger partial charge < -0.3 is 15.4 Å². The molecule has 7 nitrogen and oxygen atoms in total. The first-order valence-corrected chi connectivity index (χ1v) is 11.6. The van der Waals surface area contributed by atoms with E-state index in [4.69, 9.17) is 4.74 Å². The van der Waals surface area contributed by atoms with Gasteiger partial charge in [-0.25, -0.2) is 13.4 Å². The van der Waals surface area contributed by atoms with Gasteiger partial charge in [0.05, 0.1) is 25.5 Å². The minimum atomic E-state index is -3.00. The molecular weight excluding hydrogens is 364 g/mol. The van der Waals surface area contributed by atoms with Gasteiger partial charge in [0.2, 0.25) is 0 Å². The van der Waals surface area contributed by atoms with Crippen LogP contribution in [0.4, 0.5) is 0 Å². The second kappa shape index (κ2) is 11.3. The Morgan fingerprint density at radius 1 is 1.15 bits per heavy atom. The van der Waals surface area contributed by atoms with Crippen LogP contribution < -0.4 is 10.6 Å². The van der Waals surface area contributed by atoms with Crippen LogP contribution in [0.3, 0.4) is 0 Å². The Morgan fingerprint density at radius 3 is 2.44 bits per heavy atom. The lowest BCUT2D eigenvalue weighted by molar-refractivity contribution is 0.0376. The highest BCUT2D eigenvalue weighted by Gasteiger charge is 2.09. The van der Waals surface area contributed by atoms with Crippen LogP contribution in [0, 0.1) is 0 Å². The van der Waals surface area contributed by atoms with Gasteiger partial charge in [0.1, 0.15) is 0 Å². The highest BCUT2D eigenvalue weighted by Crippen LogP contribution is 2.08. The number of hydrogen-bond donors (Lipinski definition) is 2. The molecule has 0 bridgehead atoms. The number of ether oxygens (including phenoxy) is 1. The highest BCUT2D eigenvalue weighted by molar-refractivity contribution is 7.89. The molecule has 1 aliphatic heterocycles. The fourth-order valence-electron chi connectivity index (χ4n) is 2.89. The number of hydrogen-bond acceptors (Lipinski definition) is 5. The van der Waals surface area contributed by atoms with Gasteiger partial charge in [0, 0.05) is 32.4 Å². The van der Waals surface area contributed by atoms with E-state index in [1.165, 1.54) is 6.26 Å². The van der Waals surface area contributed by atoms with Crippen LogP contribution in [0.1, 0.15) is 24.5 Å². The summed E-state index contributed by atoms with van der Waals surface area (Å²) in [5.74, 6) is 0.879. The Labute approximate surface area is 163 Å². The maximum absolute atomic E-state index is 11.4. The molecular formula is C19H32N4O3S. The average Bonchev–Trinajstić information content (AvgIpc) is 2.64. The first kappa shape index (κ1) is 21.7. The van der Waals surface area contributed by atoms with Crippen LogP contribution in [0.15, 0.2) is 29.3 Å². The molecule has 0 saturated carbocycles. The van der Waals surface area contributed by atoms with Crippen molar-refractivity contribution in [3.63, 3.8) is 0 Å². The zero-order chi connectivity index (χ0) is 19.5. The fourth-order valence-corrected chi connectivity index (χ4v) is 3.69. The molecule has 2 rings (SSSR count). The second-order valence-electron chi connectivity index (χ2n) is 6.82. The molecule has 152 valence electrons. The zero-order valence-electron chi connectivity index (χ0n) is 16.4. The molecule has 0 spiro atoms. The molecule has 0 aromatic heterocycles. The molecule has 1 aromatic rings. The van der Waals surface area contributed by atoms with Crippen molar-refractivity contribution in [2.75, 3.05) is 52.2 Å². The van der Waals surface area contributed by atoms with Crippen LogP contribution in [0.5, 0.6) is 0 Å². The summed E-state index contributed by atoms with van der Waals surface area (Å²) in [6, 6.07) is 7.58. The zero-order valence-corrected chi connectivity index (χ0v) is 17.2. The van der Waals surface area contributed by atoms with Crippen molar-refractivity contribution >= 4 is 15.8 Å². The maximum atomic E-state index is 11.4. The molecule has 1 fully saturated rings. The summed E-state index contributed by atoms with van der Waals surface area (Å²) < 4.78 is 28.1. The number of morpholine rings is 1. The lowest BCUT2D eigenvalue weighted by atomic mass is 10.1. The van der Waals surface area contributed by atoms with Gasteiger partial charge >= 0.3 is 0 Å². The number of sulfone groups is 1. The summed E-state index contributed by atoms with van der Waals surface area (Å²) >= 11 is 0. The fraction of sp³-hybridized carbons (Fsp3) is 0.632. The summed E-state index contributed by atoms with van der Waals surface area (Å²) in [5, 5.41) is 6.63. The summed E-state index contributed by atoms with van der Waals surface area (Å²) in [4.78, 5) is 7.04. The van der Waals surface area contributed by atoms with E-state index in [2.05, 4.69) is 20.5 Å². The minimum absolute atomic E-state index is 0.0733. The first-order valence-electron chi connectivity index (χ1n) is 9.54. The number of benzene rings is 1. The second-order valence-corrected chi connectivity index (χ2v) is 8.96. The molecule has 1 aromatic carbocycles. The number of aliphatic imine (C=N–C) groups is 1. The van der Waals surface area contributed by atoms with Crippen LogP contribution in [-0.2, 0) is 26.9 Å². The van der Waals surface area contributed by atoms with E-state index in [9.17, 15) is 8.42 Å². The van der Waals surface area contributed by atoms with E-state index in [0.29, 0.717) is 6.54 Å². The number of rotatable bonds is 9. The number of nitrogens with zero attached hydrogens (tertiary/aromatic N) is 2. The van der Waals surface area contributed by atoms with E-state index in [1.807, 2.05) is 31.2 Å². The van der Waals surface area contributed by atoms with E-state index in [0.717, 1.165) is 69.4 Å². The molecule has 0 amide bonds. The number of guanidine groups is 1. The Balaban J connectivity index is 1.78. The van der Waals surface area contributed by atoms with Crippen LogP contribution in [0.2, 0.25) is 0 Å². The summed E-state index contributed by atoms with van der Waals surface area (Å²) in [7, 11) is -3.00. The van der Waals surface area contributed by atoms with Gasteiger partial charge in [-0.1, -0.05) is 24.3 Å². The molecule has 1 saturated heterocycles. The standard InChI is InChI=1S/C19H32N4O3S/c1-3-20-19(21-9-4-10-23-11-13-26-14-12-23)22-15-17-5-7-18(8-6-17)16-27(2,24)25/h5-8H,3-4,9-16H2,1-2H3,(H2,20,21,22). The molecule has 0 unspecified atom stereocenters. The lowest BCUT2D eigenvalue weighted by Crippen LogP contribution is -2.40. The molecule has 1 aliphatic rings. The SMILES string of the molecule is CCNC(=NCc1ccc(CS(C)(=O)=O)cc1)NCCCN1CCOCC1. The van der Waals surface area contributed by atoms with Crippen molar-refractivity contribution in [1.29, 1.82) is 0 Å². The quantitative estimate of drug-likeness (QED) is 0.368. The van der Waals surface area contributed by atoms with Crippen molar-refractivity contribution < 1.29 is 13.2 Å². The maximum Gasteiger partial charge on any atom is 0.191 e. The van der Waals surface area contributed by atoms with Crippen LogP contribution in [-0.4, -0.2) is 71.5 Å². The van der Waals surface area contributed by atoms with Gasteiger partial charge in [0.15, 0.2) is 15.8 Å². The normalized spacial score (nSPS) is 16.3. The molecule has 0 atom stereocenters. The van der Waals surface area contributed by atoms with E-state index in [1.54, 1.807) is 0 Å². The average molecular weight is 397 g/mol. The van der Waals surface area contributed by atoms with Gasteiger partial charge in [-0.3, -0.25) is 4.90 Å². The van der Waals surface area contributed by atoms with Gasteiger partial charge in [-0.15, -0.1) is 0 Å². The van der Waals surface area contributed by atoms with Crippen molar-refractivity contribution in [3.05, 3.63) is 35.4 Å². The van der Waals surface area contributed by atoms with E-state index < -0.39 is 9.84 Å². The Bertz CT molecular complexity index is 683. The van der Waals surface area contributed by atoms with Crippen molar-refractivity contribution in [3.8, 4) is 0 Å². The summed E-state index contributed by atoms with van der Waals surface area (Å²) in [6.07, 6.45) is 2.31. The molecule has 1 heterocycles. The van der Waals surface area contributed by atoms with Gasteiger partial charge in [0.25, 0.3) is 0 Å². The third-order valence-corrected chi connectivity index (χ3v) is 5.12. The Hall–Kier alpha value is -1.64. The molecule has 27 heavy (non-hydrogen) atoms. The lowest BCUT2D eigenvalue weighted by Gasteiger charge is -2.26. The van der Waals surface area contributed by atoms with Gasteiger partial charge in [-0.05, 0) is 31.0 Å². The topological polar surface area (TPSA) is 83.0 Å². The molecule has 0 radical (unpaired) electrons. The third kappa shape index (κ3) is 9.21. The third-order valence-electron chi connectivity index (χ3n) is 4.26. The van der Waals surface area contributed by atoms with Crippen LogP contribution >= 0.6 is 0 Å². The predicted molar refractivity (Wildman–Crippen MR) is 110 cm³/mol. The minimum Gasteiger partial charge on any atom is -0.379 e. The monoisotopic (exact) mass is 396 g/mol. The van der Waals surface area contributed by atoms with Gasteiger partial charge in [-0.2, -0.15) is 0 Å². The molecule has 8 heteroatoms.